The van der Waals surface area contributed by atoms with Crippen LogP contribution in [0.1, 0.15) is 18.4 Å². The van der Waals surface area contributed by atoms with Crippen LogP contribution in [0.5, 0.6) is 0 Å². The van der Waals surface area contributed by atoms with Crippen molar-refractivity contribution in [3.8, 4) is 0 Å². The zero-order valence-corrected chi connectivity index (χ0v) is 11.4. The number of carbonyl (C=O) groups is 1. The van der Waals surface area contributed by atoms with Crippen LogP contribution in [-0.4, -0.2) is 40.6 Å². The second kappa shape index (κ2) is 5.40. The van der Waals surface area contributed by atoms with Crippen molar-refractivity contribution in [1.29, 1.82) is 0 Å². The Labute approximate surface area is 111 Å². The van der Waals surface area contributed by atoms with E-state index in [0.29, 0.717) is 12.4 Å². The molecule has 1 atom stereocenters. The standard InChI is InChI=1S/C14H18N2O3/c1-9(14(17)18)16(3)7-6-11-4-5-13-12(8-11)15-10(2)19-13/h4-5,8-9H,6-7H2,1-3H3,(H,17,18). The van der Waals surface area contributed by atoms with Crippen molar-refractivity contribution < 1.29 is 14.3 Å². The predicted molar refractivity (Wildman–Crippen MR) is 72.2 cm³/mol. The van der Waals surface area contributed by atoms with Crippen LogP contribution in [0.2, 0.25) is 0 Å². The lowest BCUT2D eigenvalue weighted by molar-refractivity contribution is -0.142. The molecule has 0 amide bonds. The average molecular weight is 262 g/mol. The molecule has 0 saturated carbocycles. The minimum absolute atomic E-state index is 0.474. The van der Waals surface area contributed by atoms with E-state index in [4.69, 9.17) is 9.52 Å². The number of likely N-dealkylation sites (N-methyl/N-ethyl adjacent to an activating group) is 1. The Kier molecular flexibility index (Phi) is 3.85. The predicted octanol–water partition coefficient (Wildman–Crippen LogP) is 2.08. The third kappa shape index (κ3) is 3.12. The number of rotatable bonds is 5. The number of hydrogen-bond acceptors (Lipinski definition) is 4. The van der Waals surface area contributed by atoms with E-state index in [2.05, 4.69) is 4.98 Å². The van der Waals surface area contributed by atoms with E-state index in [9.17, 15) is 4.79 Å². The Balaban J connectivity index is 2.03. The molecule has 1 heterocycles. The van der Waals surface area contributed by atoms with Crippen molar-refractivity contribution >= 4 is 17.1 Å². The molecule has 0 aliphatic heterocycles. The molecule has 102 valence electrons. The zero-order chi connectivity index (χ0) is 14.0. The highest BCUT2D eigenvalue weighted by Crippen LogP contribution is 2.17. The maximum atomic E-state index is 10.9. The Hall–Kier alpha value is -1.88. The van der Waals surface area contributed by atoms with Gasteiger partial charge in [-0.3, -0.25) is 9.69 Å². The van der Waals surface area contributed by atoms with Gasteiger partial charge in [0, 0.05) is 13.5 Å². The summed E-state index contributed by atoms with van der Waals surface area (Å²) < 4.78 is 5.42. The fourth-order valence-corrected chi connectivity index (χ4v) is 1.93. The Bertz CT molecular complexity index is 591. The van der Waals surface area contributed by atoms with Gasteiger partial charge in [0.05, 0.1) is 0 Å². The van der Waals surface area contributed by atoms with Crippen LogP contribution in [0.4, 0.5) is 0 Å². The highest BCUT2D eigenvalue weighted by atomic mass is 16.4. The van der Waals surface area contributed by atoms with Gasteiger partial charge in [0.25, 0.3) is 0 Å². The second-order valence-electron chi connectivity index (χ2n) is 4.78. The molecule has 1 unspecified atom stereocenters. The van der Waals surface area contributed by atoms with Crippen LogP contribution in [0, 0.1) is 6.92 Å². The summed E-state index contributed by atoms with van der Waals surface area (Å²) in [5.41, 5.74) is 2.77. The fourth-order valence-electron chi connectivity index (χ4n) is 1.93. The largest absolute Gasteiger partial charge is 0.480 e. The summed E-state index contributed by atoms with van der Waals surface area (Å²) in [5, 5.41) is 8.93. The molecular weight excluding hydrogens is 244 g/mol. The van der Waals surface area contributed by atoms with Crippen LogP contribution >= 0.6 is 0 Å². The number of oxazole rings is 1. The fraction of sp³-hybridized carbons (Fsp3) is 0.429. The van der Waals surface area contributed by atoms with E-state index in [1.54, 1.807) is 6.92 Å². The second-order valence-corrected chi connectivity index (χ2v) is 4.78. The molecular formula is C14H18N2O3. The van der Waals surface area contributed by atoms with Crippen molar-refractivity contribution in [2.24, 2.45) is 0 Å². The quantitative estimate of drug-likeness (QED) is 0.893. The minimum atomic E-state index is -0.801. The average Bonchev–Trinajstić information content (AvgIpc) is 2.74. The van der Waals surface area contributed by atoms with Gasteiger partial charge in [-0.2, -0.15) is 0 Å². The molecule has 0 spiro atoms. The van der Waals surface area contributed by atoms with Gasteiger partial charge < -0.3 is 9.52 Å². The molecule has 1 N–H and O–H groups in total. The summed E-state index contributed by atoms with van der Waals surface area (Å²) in [4.78, 5) is 17.0. The Morgan fingerprint density at radius 3 is 2.95 bits per heavy atom. The van der Waals surface area contributed by atoms with Crippen LogP contribution in [0.3, 0.4) is 0 Å². The number of carboxylic acids is 1. The Morgan fingerprint density at radius 1 is 1.53 bits per heavy atom. The molecule has 1 aromatic carbocycles. The number of aryl methyl sites for hydroxylation is 1. The molecule has 0 aliphatic carbocycles. The van der Waals surface area contributed by atoms with Crippen LogP contribution in [0.25, 0.3) is 11.1 Å². The molecule has 5 heteroatoms. The number of aliphatic carboxylic acids is 1. The van der Waals surface area contributed by atoms with Crippen LogP contribution in [0.15, 0.2) is 22.6 Å². The lowest BCUT2D eigenvalue weighted by Gasteiger charge is -2.20. The first-order valence-electron chi connectivity index (χ1n) is 6.26. The van der Waals surface area contributed by atoms with Gasteiger partial charge in [0.2, 0.25) is 0 Å². The van der Waals surface area contributed by atoms with E-state index in [0.717, 1.165) is 23.1 Å². The van der Waals surface area contributed by atoms with Crippen LogP contribution in [-0.2, 0) is 11.2 Å². The lowest BCUT2D eigenvalue weighted by Crippen LogP contribution is -2.37. The number of fused-ring (bicyclic) bond motifs is 1. The van der Waals surface area contributed by atoms with Gasteiger partial charge in [-0.25, -0.2) is 4.98 Å². The summed E-state index contributed by atoms with van der Waals surface area (Å²) in [6, 6.07) is 5.42. The van der Waals surface area contributed by atoms with E-state index in [1.165, 1.54) is 0 Å². The summed E-state index contributed by atoms with van der Waals surface area (Å²) in [7, 11) is 1.82. The van der Waals surface area contributed by atoms with E-state index in [-0.39, 0.29) is 0 Å². The van der Waals surface area contributed by atoms with E-state index >= 15 is 0 Å². The number of aromatic nitrogens is 1. The first-order valence-corrected chi connectivity index (χ1v) is 6.26. The number of nitrogens with zero attached hydrogens (tertiary/aromatic N) is 2. The molecule has 1 aromatic heterocycles. The monoisotopic (exact) mass is 262 g/mol. The molecule has 2 rings (SSSR count). The molecule has 0 bridgehead atoms. The van der Waals surface area contributed by atoms with E-state index in [1.807, 2.05) is 37.1 Å². The van der Waals surface area contributed by atoms with Crippen LogP contribution < -0.4 is 0 Å². The van der Waals surface area contributed by atoms with E-state index < -0.39 is 12.0 Å². The molecule has 5 nitrogen and oxygen atoms in total. The number of benzene rings is 1. The third-order valence-corrected chi connectivity index (χ3v) is 3.33. The molecule has 2 aromatic rings. The summed E-state index contributed by atoms with van der Waals surface area (Å²) in [5.74, 6) is -0.145. The van der Waals surface area contributed by atoms with Crippen molar-refractivity contribution in [3.05, 3.63) is 29.7 Å². The maximum absolute atomic E-state index is 10.9. The number of hydrogen-bond donors (Lipinski definition) is 1. The molecule has 0 aliphatic rings. The highest BCUT2D eigenvalue weighted by molar-refractivity contribution is 5.73. The maximum Gasteiger partial charge on any atom is 0.320 e. The summed E-state index contributed by atoms with van der Waals surface area (Å²) in [6.45, 7) is 4.20. The number of carboxylic acid groups (broad SMARTS) is 1. The lowest BCUT2D eigenvalue weighted by atomic mass is 10.1. The van der Waals surface area contributed by atoms with Crippen molar-refractivity contribution in [1.82, 2.24) is 9.88 Å². The van der Waals surface area contributed by atoms with Gasteiger partial charge >= 0.3 is 5.97 Å². The molecule has 0 fully saturated rings. The van der Waals surface area contributed by atoms with Crippen molar-refractivity contribution in [3.63, 3.8) is 0 Å². The first kappa shape index (κ1) is 13.5. The zero-order valence-electron chi connectivity index (χ0n) is 11.4. The Morgan fingerprint density at radius 2 is 2.26 bits per heavy atom. The van der Waals surface area contributed by atoms with Gasteiger partial charge in [-0.15, -0.1) is 0 Å². The minimum Gasteiger partial charge on any atom is -0.480 e. The molecule has 19 heavy (non-hydrogen) atoms. The normalized spacial score (nSPS) is 13.1. The van der Waals surface area contributed by atoms with Crippen molar-refractivity contribution in [2.45, 2.75) is 26.3 Å². The molecule has 0 saturated heterocycles. The summed E-state index contributed by atoms with van der Waals surface area (Å²) >= 11 is 0. The topological polar surface area (TPSA) is 66.6 Å². The van der Waals surface area contributed by atoms with Gasteiger partial charge in [-0.05, 0) is 38.1 Å². The van der Waals surface area contributed by atoms with Gasteiger partial charge in [0.1, 0.15) is 11.6 Å². The highest BCUT2D eigenvalue weighted by Gasteiger charge is 2.16. The van der Waals surface area contributed by atoms with Gasteiger partial charge in [0.15, 0.2) is 11.5 Å². The smallest absolute Gasteiger partial charge is 0.320 e. The summed E-state index contributed by atoms with van der Waals surface area (Å²) in [6.07, 6.45) is 0.788. The SMILES string of the molecule is Cc1nc2cc(CCN(C)C(C)C(=O)O)ccc2o1. The first-order chi connectivity index (χ1) is 8.97. The van der Waals surface area contributed by atoms with Gasteiger partial charge in [-0.1, -0.05) is 6.07 Å². The molecule has 0 radical (unpaired) electrons. The van der Waals surface area contributed by atoms with Crippen molar-refractivity contribution in [2.75, 3.05) is 13.6 Å². The third-order valence-electron chi connectivity index (χ3n) is 3.33.